The highest BCUT2D eigenvalue weighted by Crippen LogP contribution is 2.21. The number of nitrogens with one attached hydrogen (secondary N) is 2. The summed E-state index contributed by atoms with van der Waals surface area (Å²) in [5.74, 6) is -0.251. The number of hydrogen-bond acceptors (Lipinski definition) is 3. The first kappa shape index (κ1) is 21.1. The number of anilines is 1. The Balaban J connectivity index is 0.00000312. The minimum absolute atomic E-state index is 0. The van der Waals surface area contributed by atoms with Crippen molar-refractivity contribution in [3.63, 3.8) is 0 Å². The molecule has 0 radical (unpaired) electrons. The van der Waals surface area contributed by atoms with Crippen LogP contribution in [0.25, 0.3) is 0 Å². The maximum Gasteiger partial charge on any atom is 0.333 e. The van der Waals surface area contributed by atoms with Crippen LogP contribution in [-0.2, 0) is 17.8 Å². The van der Waals surface area contributed by atoms with E-state index in [-0.39, 0.29) is 24.7 Å². The van der Waals surface area contributed by atoms with E-state index in [0.717, 1.165) is 17.8 Å². The second-order valence-electron chi connectivity index (χ2n) is 5.53. The fraction of sp³-hybridized carbons (Fsp3) is 0.412. The Labute approximate surface area is 152 Å². The van der Waals surface area contributed by atoms with Gasteiger partial charge in [0.15, 0.2) is 0 Å². The van der Waals surface area contributed by atoms with Gasteiger partial charge < -0.3 is 10.6 Å². The average molecular weight is 373 g/mol. The van der Waals surface area contributed by atoms with Crippen molar-refractivity contribution in [2.75, 3.05) is 11.9 Å². The molecule has 0 saturated carbocycles. The van der Waals surface area contributed by atoms with E-state index in [1.807, 2.05) is 31.2 Å². The molecular formula is C17H23ClF2N4O. The largest absolute Gasteiger partial charge is 0.333 e. The number of benzene rings is 1. The van der Waals surface area contributed by atoms with E-state index in [9.17, 15) is 13.6 Å². The number of para-hydroxylation sites is 1. The number of hydrogen-bond donors (Lipinski definition) is 2. The van der Waals surface area contributed by atoms with E-state index in [4.69, 9.17) is 0 Å². The average Bonchev–Trinajstić information content (AvgIpc) is 2.82. The summed E-state index contributed by atoms with van der Waals surface area (Å²) in [5, 5.41) is 9.88. The Morgan fingerprint density at radius 1 is 1.28 bits per heavy atom. The second-order valence-corrected chi connectivity index (χ2v) is 5.53. The van der Waals surface area contributed by atoms with Gasteiger partial charge in [0.25, 0.3) is 0 Å². The molecule has 0 unspecified atom stereocenters. The Bertz CT molecular complexity index is 719. The molecule has 1 aromatic carbocycles. The lowest BCUT2D eigenvalue weighted by atomic mass is 10.1. The van der Waals surface area contributed by atoms with Gasteiger partial charge in [-0.15, -0.1) is 12.4 Å². The van der Waals surface area contributed by atoms with Gasteiger partial charge in [-0.2, -0.15) is 13.9 Å². The van der Waals surface area contributed by atoms with Gasteiger partial charge in [0, 0.05) is 23.5 Å². The van der Waals surface area contributed by atoms with E-state index < -0.39 is 6.55 Å². The SMILES string of the molecule is CCNCc1ccccc1NC(=O)Cc1c(C)nn(C(F)F)c1C.Cl. The van der Waals surface area contributed by atoms with Crippen molar-refractivity contribution < 1.29 is 13.6 Å². The molecule has 5 nitrogen and oxygen atoms in total. The Kier molecular flexibility index (Phi) is 7.99. The molecule has 0 aliphatic carbocycles. The van der Waals surface area contributed by atoms with Gasteiger partial charge in [-0.1, -0.05) is 25.1 Å². The molecule has 8 heteroatoms. The zero-order chi connectivity index (χ0) is 17.7. The van der Waals surface area contributed by atoms with Crippen LogP contribution in [0.2, 0.25) is 0 Å². The van der Waals surface area contributed by atoms with Crippen LogP contribution in [0.3, 0.4) is 0 Å². The Morgan fingerprint density at radius 2 is 1.96 bits per heavy atom. The minimum Gasteiger partial charge on any atom is -0.325 e. The molecule has 2 N–H and O–H groups in total. The molecule has 2 rings (SSSR count). The van der Waals surface area contributed by atoms with E-state index in [1.165, 1.54) is 0 Å². The molecular weight excluding hydrogens is 350 g/mol. The molecule has 1 heterocycles. The van der Waals surface area contributed by atoms with E-state index >= 15 is 0 Å². The lowest BCUT2D eigenvalue weighted by Gasteiger charge is -2.11. The highest BCUT2D eigenvalue weighted by atomic mass is 35.5. The molecule has 0 fully saturated rings. The number of aromatic nitrogens is 2. The minimum atomic E-state index is -2.71. The first-order valence-electron chi connectivity index (χ1n) is 7.85. The number of rotatable bonds is 7. The molecule has 1 amide bonds. The van der Waals surface area contributed by atoms with Crippen molar-refractivity contribution in [3.05, 3.63) is 46.8 Å². The highest BCUT2D eigenvalue weighted by molar-refractivity contribution is 5.93. The summed E-state index contributed by atoms with van der Waals surface area (Å²) >= 11 is 0. The normalized spacial score (nSPS) is 10.6. The lowest BCUT2D eigenvalue weighted by molar-refractivity contribution is -0.115. The molecule has 0 aliphatic rings. The number of aryl methyl sites for hydroxylation is 1. The number of carbonyl (C=O) groups is 1. The molecule has 0 bridgehead atoms. The number of carbonyl (C=O) groups excluding carboxylic acids is 1. The number of amides is 1. The van der Waals surface area contributed by atoms with Gasteiger partial charge in [0.2, 0.25) is 5.91 Å². The van der Waals surface area contributed by atoms with Crippen LogP contribution in [0.15, 0.2) is 24.3 Å². The van der Waals surface area contributed by atoms with E-state index in [0.29, 0.717) is 28.2 Å². The van der Waals surface area contributed by atoms with Gasteiger partial charge in [0.05, 0.1) is 12.1 Å². The predicted octanol–water partition coefficient (Wildman–Crippen LogP) is 3.61. The van der Waals surface area contributed by atoms with Crippen molar-refractivity contribution in [2.24, 2.45) is 0 Å². The molecule has 1 aromatic heterocycles. The third-order valence-electron chi connectivity index (χ3n) is 3.85. The molecule has 0 saturated heterocycles. The predicted molar refractivity (Wildman–Crippen MR) is 96.4 cm³/mol. The number of halogens is 3. The Morgan fingerprint density at radius 3 is 2.56 bits per heavy atom. The first-order valence-corrected chi connectivity index (χ1v) is 7.85. The van der Waals surface area contributed by atoms with Crippen LogP contribution in [0.1, 0.15) is 36.0 Å². The van der Waals surface area contributed by atoms with Gasteiger partial charge in [-0.25, -0.2) is 4.68 Å². The zero-order valence-electron chi connectivity index (χ0n) is 14.5. The van der Waals surface area contributed by atoms with Crippen LogP contribution in [0.5, 0.6) is 0 Å². The molecule has 138 valence electrons. The first-order chi connectivity index (χ1) is 11.4. The molecule has 0 atom stereocenters. The highest BCUT2D eigenvalue weighted by Gasteiger charge is 2.19. The van der Waals surface area contributed by atoms with Gasteiger partial charge in [-0.3, -0.25) is 4.79 Å². The second kappa shape index (κ2) is 9.48. The molecule has 25 heavy (non-hydrogen) atoms. The van der Waals surface area contributed by atoms with Crippen molar-refractivity contribution >= 4 is 24.0 Å². The summed E-state index contributed by atoms with van der Waals surface area (Å²) in [4.78, 5) is 12.3. The van der Waals surface area contributed by atoms with E-state index in [1.54, 1.807) is 13.8 Å². The summed E-state index contributed by atoms with van der Waals surface area (Å²) in [5.41, 5.74) is 3.00. The monoisotopic (exact) mass is 372 g/mol. The zero-order valence-corrected chi connectivity index (χ0v) is 15.3. The molecule has 0 spiro atoms. The maximum atomic E-state index is 12.9. The summed E-state index contributed by atoms with van der Waals surface area (Å²) < 4.78 is 26.4. The van der Waals surface area contributed by atoms with Gasteiger partial charge in [0.1, 0.15) is 0 Å². The quantitative estimate of drug-likeness (QED) is 0.780. The van der Waals surface area contributed by atoms with Crippen molar-refractivity contribution in [1.29, 1.82) is 0 Å². The smallest absolute Gasteiger partial charge is 0.325 e. The third kappa shape index (κ3) is 5.24. The van der Waals surface area contributed by atoms with Gasteiger partial charge >= 0.3 is 6.55 Å². The standard InChI is InChI=1S/C17H22F2N4O.ClH/c1-4-20-10-13-7-5-6-8-15(13)21-16(24)9-14-11(2)22-23(12(14)3)17(18)19;/h5-8,17,20H,4,9-10H2,1-3H3,(H,21,24);1H. The van der Waals surface area contributed by atoms with Crippen molar-refractivity contribution in [2.45, 2.75) is 40.3 Å². The number of alkyl halides is 2. The van der Waals surface area contributed by atoms with Crippen LogP contribution in [0.4, 0.5) is 14.5 Å². The van der Waals surface area contributed by atoms with Crippen LogP contribution >= 0.6 is 12.4 Å². The fourth-order valence-electron chi connectivity index (χ4n) is 2.55. The number of nitrogens with zero attached hydrogens (tertiary/aromatic N) is 2. The van der Waals surface area contributed by atoms with Gasteiger partial charge in [-0.05, 0) is 32.0 Å². The fourth-order valence-corrected chi connectivity index (χ4v) is 2.55. The van der Waals surface area contributed by atoms with E-state index in [2.05, 4.69) is 15.7 Å². The summed E-state index contributed by atoms with van der Waals surface area (Å²) in [7, 11) is 0. The van der Waals surface area contributed by atoms with Crippen LogP contribution < -0.4 is 10.6 Å². The van der Waals surface area contributed by atoms with Crippen molar-refractivity contribution in [3.8, 4) is 0 Å². The van der Waals surface area contributed by atoms with Crippen molar-refractivity contribution in [1.82, 2.24) is 15.1 Å². The summed E-state index contributed by atoms with van der Waals surface area (Å²) in [6, 6.07) is 7.51. The topological polar surface area (TPSA) is 58.9 Å². The molecule has 0 aliphatic heterocycles. The molecule has 2 aromatic rings. The Hall–Kier alpha value is -1.99. The van der Waals surface area contributed by atoms with Crippen LogP contribution in [0, 0.1) is 13.8 Å². The summed E-state index contributed by atoms with van der Waals surface area (Å²) in [6.45, 7) is 3.96. The third-order valence-corrected chi connectivity index (χ3v) is 3.85. The maximum absolute atomic E-state index is 12.9. The van der Waals surface area contributed by atoms with Crippen LogP contribution in [-0.4, -0.2) is 22.2 Å². The lowest BCUT2D eigenvalue weighted by Crippen LogP contribution is -2.19. The summed E-state index contributed by atoms with van der Waals surface area (Å²) in [6.07, 6.45) is 0.0138.